The van der Waals surface area contributed by atoms with Gasteiger partial charge in [-0.05, 0) is 37.3 Å². The molecule has 0 amide bonds. The minimum Gasteiger partial charge on any atom is -0.381 e. The molecule has 2 rings (SSSR count). The van der Waals surface area contributed by atoms with E-state index >= 15 is 0 Å². The second-order valence-corrected chi connectivity index (χ2v) is 5.59. The van der Waals surface area contributed by atoms with Crippen LogP contribution in [-0.4, -0.2) is 19.8 Å². The Kier molecular flexibility index (Phi) is 5.01. The Bertz CT molecular complexity index is 350. The number of rotatable bonds is 4. The van der Waals surface area contributed by atoms with E-state index in [2.05, 4.69) is 52.4 Å². The summed E-state index contributed by atoms with van der Waals surface area (Å²) >= 11 is 3.60. The van der Waals surface area contributed by atoms with Crippen LogP contribution in [0.4, 0.5) is 0 Å². The molecule has 94 valence electrons. The van der Waals surface area contributed by atoms with Gasteiger partial charge < -0.3 is 10.1 Å². The molecular formula is C14H20BrNO. The summed E-state index contributed by atoms with van der Waals surface area (Å²) in [5.41, 5.74) is 1.32. The zero-order valence-electron chi connectivity index (χ0n) is 10.3. The number of ether oxygens (including phenoxy) is 1. The zero-order chi connectivity index (χ0) is 12.1. The fourth-order valence-electron chi connectivity index (χ4n) is 2.25. The van der Waals surface area contributed by atoms with Crippen LogP contribution in [0.5, 0.6) is 0 Å². The Morgan fingerprint density at radius 3 is 3.00 bits per heavy atom. The molecule has 0 spiro atoms. The molecule has 1 N–H and O–H groups in total. The van der Waals surface area contributed by atoms with Gasteiger partial charge in [0.2, 0.25) is 0 Å². The fraction of sp³-hybridized carbons (Fsp3) is 0.571. The topological polar surface area (TPSA) is 21.3 Å². The van der Waals surface area contributed by atoms with E-state index in [1.165, 1.54) is 22.9 Å². The quantitative estimate of drug-likeness (QED) is 0.918. The van der Waals surface area contributed by atoms with Crippen molar-refractivity contribution < 1.29 is 4.74 Å². The largest absolute Gasteiger partial charge is 0.381 e. The molecule has 1 aliphatic heterocycles. The normalized spacial score (nSPS) is 22.4. The lowest BCUT2D eigenvalue weighted by atomic mass is 10.0. The molecule has 1 saturated heterocycles. The average molecular weight is 298 g/mol. The van der Waals surface area contributed by atoms with Gasteiger partial charge in [0.1, 0.15) is 0 Å². The number of nitrogens with one attached hydrogen (secondary N) is 1. The first-order chi connectivity index (χ1) is 8.27. The first-order valence-electron chi connectivity index (χ1n) is 6.33. The number of benzene rings is 1. The summed E-state index contributed by atoms with van der Waals surface area (Å²) < 4.78 is 6.68. The Labute approximate surface area is 112 Å². The predicted molar refractivity (Wildman–Crippen MR) is 74.1 cm³/mol. The van der Waals surface area contributed by atoms with E-state index in [-0.39, 0.29) is 0 Å². The van der Waals surface area contributed by atoms with E-state index in [1.807, 2.05) is 0 Å². The monoisotopic (exact) mass is 297 g/mol. The summed E-state index contributed by atoms with van der Waals surface area (Å²) in [6.45, 7) is 5.11. The molecule has 1 unspecified atom stereocenters. The highest BCUT2D eigenvalue weighted by Gasteiger charge is 2.15. The minimum atomic E-state index is 0.382. The van der Waals surface area contributed by atoms with Crippen molar-refractivity contribution in [3.05, 3.63) is 34.3 Å². The molecule has 0 bridgehead atoms. The van der Waals surface area contributed by atoms with Gasteiger partial charge in [-0.25, -0.2) is 0 Å². The van der Waals surface area contributed by atoms with Gasteiger partial charge in [0.15, 0.2) is 0 Å². The van der Waals surface area contributed by atoms with E-state index in [0.717, 1.165) is 19.8 Å². The molecule has 2 atom stereocenters. The second kappa shape index (κ2) is 6.53. The minimum absolute atomic E-state index is 0.382. The van der Waals surface area contributed by atoms with Crippen molar-refractivity contribution in [3.8, 4) is 0 Å². The Hall–Kier alpha value is -0.380. The van der Waals surface area contributed by atoms with E-state index in [4.69, 9.17) is 4.74 Å². The van der Waals surface area contributed by atoms with Crippen LogP contribution in [0.15, 0.2) is 28.7 Å². The zero-order valence-corrected chi connectivity index (χ0v) is 11.9. The van der Waals surface area contributed by atoms with Crippen LogP contribution in [0.25, 0.3) is 0 Å². The third kappa shape index (κ3) is 3.80. The van der Waals surface area contributed by atoms with Crippen LogP contribution in [0, 0.1) is 5.92 Å². The highest BCUT2D eigenvalue weighted by Crippen LogP contribution is 2.23. The van der Waals surface area contributed by atoms with Crippen LogP contribution in [0.1, 0.15) is 31.4 Å². The van der Waals surface area contributed by atoms with Gasteiger partial charge in [-0.2, -0.15) is 0 Å². The summed E-state index contributed by atoms with van der Waals surface area (Å²) in [6, 6.07) is 8.78. The lowest BCUT2D eigenvalue weighted by Crippen LogP contribution is -2.30. The summed E-state index contributed by atoms with van der Waals surface area (Å²) in [5.74, 6) is 0.675. The molecular weight excluding hydrogens is 278 g/mol. The van der Waals surface area contributed by atoms with Crippen LogP contribution < -0.4 is 5.32 Å². The molecule has 1 aromatic rings. The third-order valence-corrected chi connectivity index (χ3v) is 4.06. The van der Waals surface area contributed by atoms with Gasteiger partial charge in [0.25, 0.3) is 0 Å². The predicted octanol–water partition coefficient (Wildman–Crippen LogP) is 3.53. The summed E-state index contributed by atoms with van der Waals surface area (Å²) in [6.07, 6.45) is 2.49. The Morgan fingerprint density at radius 2 is 2.29 bits per heavy atom. The lowest BCUT2D eigenvalue weighted by Gasteiger charge is -2.24. The van der Waals surface area contributed by atoms with E-state index in [9.17, 15) is 0 Å². The highest BCUT2D eigenvalue weighted by molar-refractivity contribution is 9.10. The van der Waals surface area contributed by atoms with Crippen molar-refractivity contribution in [2.75, 3.05) is 19.8 Å². The molecule has 0 aromatic heterocycles. The third-order valence-electron chi connectivity index (χ3n) is 3.34. The maximum absolute atomic E-state index is 5.49. The van der Waals surface area contributed by atoms with Crippen LogP contribution in [-0.2, 0) is 4.74 Å². The van der Waals surface area contributed by atoms with E-state index in [1.54, 1.807) is 0 Å². The van der Waals surface area contributed by atoms with Crippen LogP contribution in [0.3, 0.4) is 0 Å². The van der Waals surface area contributed by atoms with Gasteiger partial charge in [-0.3, -0.25) is 0 Å². The van der Waals surface area contributed by atoms with Crippen LogP contribution in [0.2, 0.25) is 0 Å². The van der Waals surface area contributed by atoms with Crippen molar-refractivity contribution in [3.63, 3.8) is 0 Å². The fourth-order valence-corrected chi connectivity index (χ4v) is 2.88. The van der Waals surface area contributed by atoms with Gasteiger partial charge in [0.05, 0.1) is 6.61 Å². The molecule has 1 heterocycles. The molecule has 1 aliphatic rings. The van der Waals surface area contributed by atoms with Crippen molar-refractivity contribution >= 4 is 15.9 Å². The van der Waals surface area contributed by atoms with Crippen LogP contribution >= 0.6 is 15.9 Å². The second-order valence-electron chi connectivity index (χ2n) is 4.73. The Morgan fingerprint density at radius 1 is 1.47 bits per heavy atom. The SMILES string of the molecule is C[C@@H](NCC1CCCOC1)c1ccccc1Br. The number of hydrogen-bond acceptors (Lipinski definition) is 2. The molecule has 17 heavy (non-hydrogen) atoms. The molecule has 0 aliphatic carbocycles. The molecule has 3 heteroatoms. The summed E-state index contributed by atoms with van der Waals surface area (Å²) in [4.78, 5) is 0. The molecule has 1 fully saturated rings. The van der Waals surface area contributed by atoms with Gasteiger partial charge in [0, 0.05) is 23.7 Å². The molecule has 0 radical (unpaired) electrons. The summed E-state index contributed by atoms with van der Waals surface area (Å²) in [5, 5.41) is 3.60. The Balaban J connectivity index is 1.84. The molecule has 0 saturated carbocycles. The number of halogens is 1. The van der Waals surface area contributed by atoms with Gasteiger partial charge >= 0.3 is 0 Å². The molecule has 2 nitrogen and oxygen atoms in total. The van der Waals surface area contributed by atoms with Crippen molar-refractivity contribution in [1.29, 1.82) is 0 Å². The first kappa shape index (κ1) is 13.1. The first-order valence-corrected chi connectivity index (χ1v) is 7.12. The highest BCUT2D eigenvalue weighted by atomic mass is 79.9. The number of hydrogen-bond donors (Lipinski definition) is 1. The summed E-state index contributed by atoms with van der Waals surface area (Å²) in [7, 11) is 0. The van der Waals surface area contributed by atoms with E-state index < -0.39 is 0 Å². The maximum Gasteiger partial charge on any atom is 0.0506 e. The maximum atomic E-state index is 5.49. The lowest BCUT2D eigenvalue weighted by molar-refractivity contribution is 0.0540. The van der Waals surface area contributed by atoms with Crippen molar-refractivity contribution in [2.45, 2.75) is 25.8 Å². The van der Waals surface area contributed by atoms with Gasteiger partial charge in [-0.15, -0.1) is 0 Å². The van der Waals surface area contributed by atoms with Crippen molar-refractivity contribution in [2.24, 2.45) is 5.92 Å². The smallest absolute Gasteiger partial charge is 0.0506 e. The van der Waals surface area contributed by atoms with E-state index in [0.29, 0.717) is 12.0 Å². The molecule has 1 aromatic carbocycles. The van der Waals surface area contributed by atoms with Crippen molar-refractivity contribution in [1.82, 2.24) is 5.32 Å². The standard InChI is InChI=1S/C14H20BrNO/c1-11(13-6-2-3-7-14(13)15)16-9-12-5-4-8-17-10-12/h2-3,6-7,11-12,16H,4-5,8-10H2,1H3/t11-,12?/m1/s1. The van der Waals surface area contributed by atoms with Gasteiger partial charge in [-0.1, -0.05) is 34.1 Å². The average Bonchev–Trinajstić information content (AvgIpc) is 2.38.